The van der Waals surface area contributed by atoms with E-state index in [9.17, 15) is 9.59 Å². The van der Waals surface area contributed by atoms with Crippen LogP contribution in [0.15, 0.2) is 51.7 Å². The maximum Gasteiger partial charge on any atom is 0.297 e. The summed E-state index contributed by atoms with van der Waals surface area (Å²) in [6, 6.07) is 13.0. The summed E-state index contributed by atoms with van der Waals surface area (Å²) in [6.45, 7) is 10.1. The van der Waals surface area contributed by atoms with E-state index in [1.165, 1.54) is 16.9 Å². The van der Waals surface area contributed by atoms with Crippen LogP contribution in [0.5, 0.6) is 0 Å². The second kappa shape index (κ2) is 7.41. The molecule has 0 spiro atoms. The average molecular weight is 445 g/mol. The summed E-state index contributed by atoms with van der Waals surface area (Å²) in [6.07, 6.45) is 0. The van der Waals surface area contributed by atoms with Gasteiger partial charge in [0.2, 0.25) is 5.76 Å². The molecule has 0 fully saturated rings. The minimum atomic E-state index is -0.579. The summed E-state index contributed by atoms with van der Waals surface area (Å²) in [5.74, 6) is 0.167. The Kier molecular flexibility index (Phi) is 4.78. The third-order valence-corrected chi connectivity index (χ3v) is 7.24. The topological polar surface area (TPSA) is 63.4 Å². The Labute approximate surface area is 190 Å². The third kappa shape index (κ3) is 3.09. The highest BCUT2D eigenvalue weighted by Crippen LogP contribution is 2.43. The molecule has 5 nitrogen and oxygen atoms in total. The zero-order chi connectivity index (χ0) is 22.7. The van der Waals surface area contributed by atoms with Crippen LogP contribution in [-0.2, 0) is 0 Å². The summed E-state index contributed by atoms with van der Waals surface area (Å²) < 4.78 is 6.04. The first kappa shape index (κ1) is 20.6. The van der Waals surface area contributed by atoms with Crippen LogP contribution in [0.4, 0.5) is 5.13 Å². The maximum absolute atomic E-state index is 13.7. The van der Waals surface area contributed by atoms with Gasteiger partial charge in [0.25, 0.3) is 5.91 Å². The number of carbonyl (C=O) groups is 1. The van der Waals surface area contributed by atoms with Crippen LogP contribution in [0.2, 0.25) is 0 Å². The molecule has 1 aliphatic heterocycles. The first-order valence-corrected chi connectivity index (χ1v) is 11.5. The molecule has 2 aromatic heterocycles. The van der Waals surface area contributed by atoms with Crippen molar-refractivity contribution >= 4 is 33.3 Å². The molecule has 1 aliphatic rings. The van der Waals surface area contributed by atoms with E-state index in [0.29, 0.717) is 27.6 Å². The summed E-state index contributed by atoms with van der Waals surface area (Å²) in [7, 11) is 0. The van der Waals surface area contributed by atoms with Crippen molar-refractivity contribution in [3.63, 3.8) is 0 Å². The van der Waals surface area contributed by atoms with Crippen molar-refractivity contribution < 1.29 is 9.21 Å². The molecule has 0 bridgehead atoms. The Hall–Kier alpha value is -3.25. The molecule has 0 radical (unpaired) electrons. The summed E-state index contributed by atoms with van der Waals surface area (Å²) >= 11 is 1.46. The van der Waals surface area contributed by atoms with Crippen LogP contribution in [0.25, 0.3) is 11.0 Å². The van der Waals surface area contributed by atoms with E-state index in [4.69, 9.17) is 4.42 Å². The predicted molar refractivity (Wildman–Crippen MR) is 128 cm³/mol. The number of aryl methyl sites for hydroxylation is 3. The molecule has 3 heterocycles. The van der Waals surface area contributed by atoms with Gasteiger partial charge >= 0.3 is 0 Å². The van der Waals surface area contributed by atoms with E-state index in [2.05, 4.69) is 31.0 Å². The lowest BCUT2D eigenvalue weighted by Crippen LogP contribution is -2.29. The van der Waals surface area contributed by atoms with Gasteiger partial charge in [-0.2, -0.15) is 0 Å². The van der Waals surface area contributed by atoms with Gasteiger partial charge in [0, 0.05) is 4.88 Å². The average Bonchev–Trinajstić information content (AvgIpc) is 3.25. The van der Waals surface area contributed by atoms with E-state index in [0.717, 1.165) is 21.7 Å². The number of amides is 1. The van der Waals surface area contributed by atoms with Crippen molar-refractivity contribution in [2.45, 2.75) is 46.6 Å². The number of hydrogen-bond donors (Lipinski definition) is 0. The van der Waals surface area contributed by atoms with Gasteiger partial charge in [-0.25, -0.2) is 4.98 Å². The Morgan fingerprint density at radius 1 is 1.03 bits per heavy atom. The summed E-state index contributed by atoms with van der Waals surface area (Å²) in [5.41, 5.74) is 4.56. The minimum absolute atomic E-state index is 0.106. The van der Waals surface area contributed by atoms with Gasteiger partial charge in [-0.05, 0) is 49.9 Å². The molecular weight excluding hydrogens is 420 g/mol. The molecule has 0 saturated heterocycles. The molecule has 0 aliphatic carbocycles. The molecule has 1 unspecified atom stereocenters. The fourth-order valence-electron chi connectivity index (χ4n) is 4.22. The number of thiazole rings is 1. The highest BCUT2D eigenvalue weighted by atomic mass is 32.1. The molecule has 4 aromatic rings. The van der Waals surface area contributed by atoms with Crippen LogP contribution < -0.4 is 10.3 Å². The fraction of sp³-hybridized carbons (Fsp3) is 0.269. The van der Waals surface area contributed by atoms with Crippen LogP contribution in [-0.4, -0.2) is 10.9 Å². The highest BCUT2D eigenvalue weighted by molar-refractivity contribution is 7.15. The molecule has 0 N–H and O–H groups in total. The highest BCUT2D eigenvalue weighted by Gasteiger charge is 2.45. The first-order valence-electron chi connectivity index (χ1n) is 10.7. The van der Waals surface area contributed by atoms with Gasteiger partial charge in [-0.1, -0.05) is 49.7 Å². The maximum atomic E-state index is 13.7. The number of anilines is 1. The Morgan fingerprint density at radius 3 is 2.38 bits per heavy atom. The lowest BCUT2D eigenvalue weighted by atomic mass is 9.95. The van der Waals surface area contributed by atoms with E-state index >= 15 is 0 Å². The number of rotatable bonds is 3. The van der Waals surface area contributed by atoms with Crippen LogP contribution >= 0.6 is 11.3 Å². The van der Waals surface area contributed by atoms with E-state index in [1.807, 2.05) is 45.0 Å². The normalized spacial score (nSPS) is 15.8. The summed E-state index contributed by atoms with van der Waals surface area (Å²) in [5, 5.41) is 1.07. The number of benzene rings is 2. The molecule has 5 rings (SSSR count). The molecule has 32 heavy (non-hydrogen) atoms. The lowest BCUT2D eigenvalue weighted by molar-refractivity contribution is 0.0971. The van der Waals surface area contributed by atoms with Crippen molar-refractivity contribution in [1.29, 1.82) is 0 Å². The minimum Gasteiger partial charge on any atom is -0.450 e. The van der Waals surface area contributed by atoms with Crippen LogP contribution in [0, 0.1) is 20.8 Å². The Bertz CT molecular complexity index is 1410. The molecule has 6 heteroatoms. The SMILES string of the molecule is Cc1ccc2oc3c(c(=O)c2c1)C(c1ccc(C(C)C)cc1)N(c1nc(C)c(C)s1)C3=O. The number of aromatic nitrogens is 1. The Balaban J connectivity index is 1.79. The summed E-state index contributed by atoms with van der Waals surface area (Å²) in [4.78, 5) is 34.6. The molecular formula is C26H24N2O3S. The predicted octanol–water partition coefficient (Wildman–Crippen LogP) is 6.05. The molecule has 1 amide bonds. The number of nitrogens with zero attached hydrogens (tertiary/aromatic N) is 2. The number of hydrogen-bond acceptors (Lipinski definition) is 5. The van der Waals surface area contributed by atoms with Crippen molar-refractivity contribution in [2.24, 2.45) is 0 Å². The van der Waals surface area contributed by atoms with Gasteiger partial charge in [-0.3, -0.25) is 14.5 Å². The number of fused-ring (bicyclic) bond motifs is 2. The lowest BCUT2D eigenvalue weighted by Gasteiger charge is -2.23. The monoisotopic (exact) mass is 444 g/mol. The van der Waals surface area contributed by atoms with Gasteiger partial charge in [0.1, 0.15) is 5.58 Å². The van der Waals surface area contributed by atoms with E-state index < -0.39 is 6.04 Å². The van der Waals surface area contributed by atoms with Gasteiger partial charge in [0.15, 0.2) is 10.6 Å². The standard InChI is InChI=1S/C26H24N2O3S/c1-13(2)17-7-9-18(10-8-17)22-21-23(29)19-12-14(3)6-11-20(19)31-24(21)25(30)28(22)26-27-15(4)16(5)32-26/h6-13,22H,1-5H3. The zero-order valence-corrected chi connectivity index (χ0v) is 19.5. The largest absolute Gasteiger partial charge is 0.450 e. The fourth-order valence-corrected chi connectivity index (χ4v) is 5.16. The Morgan fingerprint density at radius 2 is 1.75 bits per heavy atom. The van der Waals surface area contributed by atoms with Gasteiger partial charge in [-0.15, -0.1) is 11.3 Å². The second-order valence-electron chi connectivity index (χ2n) is 8.71. The third-order valence-electron chi connectivity index (χ3n) is 6.17. The molecule has 2 aromatic carbocycles. The molecule has 0 saturated carbocycles. The number of carbonyl (C=O) groups excluding carboxylic acids is 1. The smallest absolute Gasteiger partial charge is 0.297 e. The van der Waals surface area contributed by atoms with Crippen molar-refractivity contribution in [3.05, 3.63) is 91.3 Å². The van der Waals surface area contributed by atoms with E-state index in [-0.39, 0.29) is 17.1 Å². The first-order chi connectivity index (χ1) is 15.3. The van der Waals surface area contributed by atoms with Crippen LogP contribution in [0.3, 0.4) is 0 Å². The quantitative estimate of drug-likeness (QED) is 0.386. The van der Waals surface area contributed by atoms with Gasteiger partial charge in [0.05, 0.1) is 22.7 Å². The van der Waals surface area contributed by atoms with Crippen LogP contribution in [0.1, 0.15) is 69.2 Å². The van der Waals surface area contributed by atoms with Crippen molar-refractivity contribution in [2.75, 3.05) is 4.90 Å². The van der Waals surface area contributed by atoms with Gasteiger partial charge < -0.3 is 4.42 Å². The molecule has 162 valence electrons. The van der Waals surface area contributed by atoms with Crippen molar-refractivity contribution in [3.8, 4) is 0 Å². The zero-order valence-electron chi connectivity index (χ0n) is 18.7. The second-order valence-corrected chi connectivity index (χ2v) is 9.89. The molecule has 1 atom stereocenters. The van der Waals surface area contributed by atoms with E-state index in [1.54, 1.807) is 11.0 Å². The van der Waals surface area contributed by atoms with Crippen molar-refractivity contribution in [1.82, 2.24) is 4.98 Å².